The van der Waals surface area contributed by atoms with Crippen molar-refractivity contribution in [3.63, 3.8) is 0 Å². The lowest BCUT2D eigenvalue weighted by Gasteiger charge is -2.23. The van der Waals surface area contributed by atoms with Crippen molar-refractivity contribution in [1.82, 2.24) is 9.78 Å². The Morgan fingerprint density at radius 1 is 1.27 bits per heavy atom. The van der Waals surface area contributed by atoms with E-state index in [4.69, 9.17) is 21.7 Å². The van der Waals surface area contributed by atoms with Gasteiger partial charge in [-0.15, -0.1) is 0 Å². The third-order valence-corrected chi connectivity index (χ3v) is 5.13. The van der Waals surface area contributed by atoms with Crippen molar-refractivity contribution in [3.8, 4) is 11.1 Å². The number of rotatable bonds is 4. The van der Waals surface area contributed by atoms with E-state index >= 15 is 0 Å². The summed E-state index contributed by atoms with van der Waals surface area (Å²) in [6, 6.07) is 8.84. The summed E-state index contributed by atoms with van der Waals surface area (Å²) in [7, 11) is 0. The lowest BCUT2D eigenvalue weighted by molar-refractivity contribution is -0.0367. The lowest BCUT2D eigenvalue weighted by Crippen LogP contribution is -2.19. The van der Waals surface area contributed by atoms with Gasteiger partial charge in [-0.05, 0) is 66.8 Å². The molecule has 0 radical (unpaired) electrons. The van der Waals surface area contributed by atoms with Gasteiger partial charge in [0.05, 0.1) is 16.8 Å². The van der Waals surface area contributed by atoms with E-state index in [1.807, 2.05) is 0 Å². The fourth-order valence-electron chi connectivity index (χ4n) is 3.70. The molecular weight excluding hydrogens is 410 g/mol. The van der Waals surface area contributed by atoms with Crippen LogP contribution >= 0.6 is 11.6 Å². The number of ether oxygens (including phenoxy) is 1. The van der Waals surface area contributed by atoms with Crippen molar-refractivity contribution in [3.05, 3.63) is 66.4 Å². The molecule has 5 nitrogen and oxygen atoms in total. The van der Waals surface area contributed by atoms with E-state index < -0.39 is 16.9 Å². The Balaban J connectivity index is 1.96. The fraction of sp³-hybridized carbons (Fsp3) is 0.227. The van der Waals surface area contributed by atoms with E-state index in [1.165, 1.54) is 24.3 Å². The summed E-state index contributed by atoms with van der Waals surface area (Å²) in [5.41, 5.74) is 1.69. The molecular formula is C22H19ClF2N4O. The number of hydrogen-bond donors (Lipinski definition) is 1. The van der Waals surface area contributed by atoms with Crippen LogP contribution < -0.4 is 0 Å². The summed E-state index contributed by atoms with van der Waals surface area (Å²) in [6.45, 7) is 4.37. The Labute approximate surface area is 177 Å². The van der Waals surface area contributed by atoms with Gasteiger partial charge in [-0.2, -0.15) is 5.10 Å². The minimum Gasteiger partial charge on any atom is -0.356 e. The first-order chi connectivity index (χ1) is 14.5. The predicted octanol–water partition coefficient (Wildman–Crippen LogP) is 5.83. The highest BCUT2D eigenvalue weighted by molar-refractivity contribution is 6.65. The molecule has 30 heavy (non-hydrogen) atoms. The van der Waals surface area contributed by atoms with Crippen molar-refractivity contribution in [2.24, 2.45) is 4.99 Å². The van der Waals surface area contributed by atoms with Gasteiger partial charge in [0.15, 0.2) is 6.23 Å². The average Bonchev–Trinajstić information content (AvgIpc) is 3.11. The molecule has 1 N–H and O–H groups in total. The van der Waals surface area contributed by atoms with E-state index in [9.17, 15) is 8.78 Å². The van der Waals surface area contributed by atoms with Crippen LogP contribution in [0, 0.1) is 17.0 Å². The number of aromatic nitrogens is 2. The standard InChI is InChI=1S/C22H19ClF2N4O/c1-2-17(27-22(23)26)21-14-12-13(20-15(24)6-5-7-16(20)25)9-10-18(14)29(28-21)19-8-3-4-11-30-19/h2,5-7,9-10,12,19,26H,1,3-4,8,11H2/b26-22?,27-17+. The van der Waals surface area contributed by atoms with E-state index in [0.717, 1.165) is 24.8 Å². The van der Waals surface area contributed by atoms with Crippen LogP contribution in [0.1, 0.15) is 31.2 Å². The quantitative estimate of drug-likeness (QED) is 0.323. The van der Waals surface area contributed by atoms with E-state index in [1.54, 1.807) is 22.9 Å². The number of fused-ring (bicyclic) bond motifs is 1. The largest absolute Gasteiger partial charge is 0.356 e. The average molecular weight is 429 g/mol. The van der Waals surface area contributed by atoms with Gasteiger partial charge in [-0.25, -0.2) is 18.5 Å². The van der Waals surface area contributed by atoms with Gasteiger partial charge in [0.1, 0.15) is 17.3 Å². The molecule has 0 spiro atoms. The molecule has 4 rings (SSSR count). The topological polar surface area (TPSA) is 63.3 Å². The SMILES string of the molecule is C=C/C(=N\C(=N)Cl)c1nn(C2CCCCO2)c2ccc(-c3c(F)cccc3F)cc12. The summed E-state index contributed by atoms with van der Waals surface area (Å²) in [4.78, 5) is 3.99. The molecule has 3 aromatic rings. The van der Waals surface area contributed by atoms with Gasteiger partial charge < -0.3 is 4.74 Å². The van der Waals surface area contributed by atoms with Crippen molar-refractivity contribution < 1.29 is 13.5 Å². The summed E-state index contributed by atoms with van der Waals surface area (Å²) in [5, 5.41) is 12.3. The maximum absolute atomic E-state index is 14.4. The molecule has 1 fully saturated rings. The second-order valence-electron chi connectivity index (χ2n) is 6.93. The van der Waals surface area contributed by atoms with Crippen molar-refractivity contribution in [2.45, 2.75) is 25.5 Å². The van der Waals surface area contributed by atoms with Crippen molar-refractivity contribution in [2.75, 3.05) is 6.61 Å². The number of hydrogen-bond acceptors (Lipinski definition) is 3. The fourth-order valence-corrected chi connectivity index (χ4v) is 3.79. The van der Waals surface area contributed by atoms with E-state index in [0.29, 0.717) is 29.0 Å². The second-order valence-corrected chi connectivity index (χ2v) is 7.29. The first-order valence-corrected chi connectivity index (χ1v) is 9.91. The molecule has 0 aliphatic carbocycles. The minimum atomic E-state index is -0.654. The minimum absolute atomic E-state index is 0.116. The van der Waals surface area contributed by atoms with Gasteiger partial charge in [0, 0.05) is 12.0 Å². The maximum Gasteiger partial charge on any atom is 0.215 e. The molecule has 0 amide bonds. The molecule has 1 aliphatic heterocycles. The number of nitrogens with zero attached hydrogens (tertiary/aromatic N) is 3. The van der Waals surface area contributed by atoms with Crippen LogP contribution in [0.3, 0.4) is 0 Å². The molecule has 1 atom stereocenters. The summed E-state index contributed by atoms with van der Waals surface area (Å²) >= 11 is 5.67. The van der Waals surface area contributed by atoms with Crippen LogP contribution in [0.25, 0.3) is 22.0 Å². The second kappa shape index (κ2) is 8.45. The van der Waals surface area contributed by atoms with E-state index in [-0.39, 0.29) is 11.8 Å². The third-order valence-electron chi connectivity index (χ3n) is 5.04. The summed E-state index contributed by atoms with van der Waals surface area (Å²) in [5.74, 6) is -1.31. The molecule has 2 aromatic carbocycles. The third kappa shape index (κ3) is 3.78. The number of aliphatic imine (C=N–C) groups is 1. The highest BCUT2D eigenvalue weighted by Crippen LogP contribution is 2.33. The highest BCUT2D eigenvalue weighted by Gasteiger charge is 2.23. The van der Waals surface area contributed by atoms with Crippen LogP contribution in [0.15, 0.2) is 54.0 Å². The summed E-state index contributed by atoms with van der Waals surface area (Å²) in [6.07, 6.45) is 3.98. The van der Waals surface area contributed by atoms with Gasteiger partial charge in [0.25, 0.3) is 0 Å². The van der Waals surface area contributed by atoms with Gasteiger partial charge in [0.2, 0.25) is 5.29 Å². The number of nitrogens with one attached hydrogen (secondary N) is 1. The molecule has 1 aliphatic rings. The zero-order valence-corrected chi connectivity index (χ0v) is 16.8. The van der Waals surface area contributed by atoms with Crippen LogP contribution in [0.2, 0.25) is 0 Å². The molecule has 1 aromatic heterocycles. The smallest absolute Gasteiger partial charge is 0.215 e. The van der Waals surface area contributed by atoms with Crippen LogP contribution in [-0.4, -0.2) is 27.4 Å². The Kier molecular flexibility index (Phi) is 5.74. The molecule has 1 saturated heterocycles. The number of halogens is 3. The monoisotopic (exact) mass is 428 g/mol. The Morgan fingerprint density at radius 3 is 2.67 bits per heavy atom. The molecule has 0 saturated carbocycles. The summed E-state index contributed by atoms with van der Waals surface area (Å²) < 4.78 is 36.4. The maximum atomic E-state index is 14.4. The molecule has 8 heteroatoms. The van der Waals surface area contributed by atoms with Crippen molar-refractivity contribution >= 4 is 33.5 Å². The van der Waals surface area contributed by atoms with Crippen LogP contribution in [-0.2, 0) is 4.74 Å². The predicted molar refractivity (Wildman–Crippen MR) is 114 cm³/mol. The van der Waals surface area contributed by atoms with Gasteiger partial charge in [-0.1, -0.05) is 18.7 Å². The van der Waals surface area contributed by atoms with Gasteiger partial charge >= 0.3 is 0 Å². The lowest BCUT2D eigenvalue weighted by atomic mass is 10.0. The first kappa shape index (κ1) is 20.4. The van der Waals surface area contributed by atoms with Gasteiger partial charge in [-0.3, -0.25) is 5.41 Å². The Morgan fingerprint density at radius 2 is 2.03 bits per heavy atom. The Hall–Kier alpha value is -2.90. The molecule has 1 unspecified atom stereocenters. The zero-order chi connectivity index (χ0) is 21.3. The van der Waals surface area contributed by atoms with E-state index in [2.05, 4.69) is 16.7 Å². The number of allylic oxidation sites excluding steroid dienone is 1. The Bertz CT molecular complexity index is 1150. The van der Waals surface area contributed by atoms with Crippen LogP contribution in [0.5, 0.6) is 0 Å². The number of benzene rings is 2. The molecule has 2 heterocycles. The van der Waals surface area contributed by atoms with Crippen LogP contribution in [0.4, 0.5) is 8.78 Å². The first-order valence-electron chi connectivity index (χ1n) is 9.53. The normalized spacial score (nSPS) is 17.3. The molecule has 154 valence electrons. The highest BCUT2D eigenvalue weighted by atomic mass is 35.5. The zero-order valence-electron chi connectivity index (χ0n) is 16.0. The van der Waals surface area contributed by atoms with Crippen molar-refractivity contribution in [1.29, 1.82) is 5.41 Å². The molecule has 0 bridgehead atoms. The number of amidine groups is 1.